The minimum atomic E-state index is 0.337. The van der Waals surface area contributed by atoms with Gasteiger partial charge in [-0.1, -0.05) is 37.3 Å². The second-order valence-corrected chi connectivity index (χ2v) is 5.91. The Kier molecular flexibility index (Phi) is 2.77. The molecule has 0 saturated heterocycles. The topological polar surface area (TPSA) is 36.4 Å². The maximum absolute atomic E-state index is 4.45. The van der Waals surface area contributed by atoms with Gasteiger partial charge < -0.3 is 10.6 Å². The molecule has 0 radical (unpaired) electrons. The van der Waals surface area contributed by atoms with Gasteiger partial charge in [0.05, 0.1) is 6.54 Å². The average Bonchev–Trinajstić information content (AvgIpc) is 2.74. The zero-order chi connectivity index (χ0) is 12.6. The molecule has 1 fully saturated rings. The Morgan fingerprint density at radius 2 is 2.00 bits per heavy atom. The summed E-state index contributed by atoms with van der Waals surface area (Å²) in [6.45, 7) is 5.41. The van der Waals surface area contributed by atoms with Crippen molar-refractivity contribution in [3.8, 4) is 0 Å². The summed E-state index contributed by atoms with van der Waals surface area (Å²) in [4.78, 5) is 4.45. The van der Waals surface area contributed by atoms with Crippen LogP contribution in [0.3, 0.4) is 0 Å². The molecule has 1 saturated carbocycles. The van der Waals surface area contributed by atoms with Gasteiger partial charge in [-0.15, -0.1) is 0 Å². The predicted molar refractivity (Wildman–Crippen MR) is 74.9 cm³/mol. The number of aliphatic imine (C=N–C) groups is 1. The molecule has 1 aliphatic carbocycles. The van der Waals surface area contributed by atoms with E-state index in [1.165, 1.54) is 18.4 Å². The minimum absolute atomic E-state index is 0.337. The quantitative estimate of drug-likeness (QED) is 0.834. The standard InChI is InChI=1S/C15H21N3/c1-11-10-16-14(17-11)18-13-8-15(2,9-13)12-6-4-3-5-7-12/h3-7,11,13H,8-10H2,1-2H3,(H2,16,17,18). The molecule has 18 heavy (non-hydrogen) atoms. The molecule has 1 aromatic rings. The van der Waals surface area contributed by atoms with Crippen molar-refractivity contribution in [2.45, 2.75) is 44.2 Å². The predicted octanol–water partition coefficient (Wildman–Crippen LogP) is 2.04. The summed E-state index contributed by atoms with van der Waals surface area (Å²) in [5.74, 6) is 0.989. The van der Waals surface area contributed by atoms with Crippen molar-refractivity contribution in [2.24, 2.45) is 4.99 Å². The van der Waals surface area contributed by atoms with Crippen LogP contribution in [0.5, 0.6) is 0 Å². The Hall–Kier alpha value is -1.51. The third-order valence-electron chi connectivity index (χ3n) is 4.11. The van der Waals surface area contributed by atoms with Crippen molar-refractivity contribution in [3.63, 3.8) is 0 Å². The van der Waals surface area contributed by atoms with Crippen LogP contribution in [-0.2, 0) is 5.41 Å². The van der Waals surface area contributed by atoms with Gasteiger partial charge in [-0.3, -0.25) is 4.99 Å². The number of guanidine groups is 1. The summed E-state index contributed by atoms with van der Waals surface area (Å²) in [6.07, 6.45) is 2.37. The van der Waals surface area contributed by atoms with E-state index in [1.807, 2.05) is 0 Å². The smallest absolute Gasteiger partial charge is 0.191 e. The Morgan fingerprint density at radius 3 is 2.61 bits per heavy atom. The molecule has 1 atom stereocenters. The average molecular weight is 243 g/mol. The van der Waals surface area contributed by atoms with Gasteiger partial charge >= 0.3 is 0 Å². The molecule has 2 aliphatic rings. The number of rotatable bonds is 2. The Morgan fingerprint density at radius 1 is 1.28 bits per heavy atom. The fourth-order valence-electron chi connectivity index (χ4n) is 3.04. The van der Waals surface area contributed by atoms with Gasteiger partial charge in [0.25, 0.3) is 0 Å². The molecular weight excluding hydrogens is 222 g/mol. The van der Waals surface area contributed by atoms with Crippen molar-refractivity contribution in [1.82, 2.24) is 10.6 Å². The van der Waals surface area contributed by atoms with E-state index in [1.54, 1.807) is 0 Å². The number of hydrogen-bond donors (Lipinski definition) is 2. The number of hydrogen-bond acceptors (Lipinski definition) is 3. The molecule has 0 spiro atoms. The molecule has 0 bridgehead atoms. The third-order valence-corrected chi connectivity index (χ3v) is 4.11. The lowest BCUT2D eigenvalue weighted by molar-refractivity contribution is 0.209. The SMILES string of the molecule is CC1CN=C(NC2CC(C)(c3ccccc3)C2)N1. The molecular formula is C15H21N3. The monoisotopic (exact) mass is 243 g/mol. The molecule has 1 unspecified atom stereocenters. The van der Waals surface area contributed by atoms with Crippen molar-refractivity contribution in [1.29, 1.82) is 0 Å². The molecule has 1 aliphatic heterocycles. The maximum atomic E-state index is 4.45. The van der Waals surface area contributed by atoms with Crippen molar-refractivity contribution >= 4 is 5.96 Å². The van der Waals surface area contributed by atoms with Gasteiger partial charge in [0, 0.05) is 12.1 Å². The van der Waals surface area contributed by atoms with E-state index in [0.29, 0.717) is 17.5 Å². The third kappa shape index (κ3) is 2.09. The zero-order valence-electron chi connectivity index (χ0n) is 11.1. The number of nitrogens with zero attached hydrogens (tertiary/aromatic N) is 1. The van der Waals surface area contributed by atoms with Crippen LogP contribution in [0.1, 0.15) is 32.3 Å². The lowest BCUT2D eigenvalue weighted by Crippen LogP contribution is -2.54. The number of benzene rings is 1. The molecule has 2 N–H and O–H groups in total. The van der Waals surface area contributed by atoms with Gasteiger partial charge in [0.1, 0.15) is 0 Å². The van der Waals surface area contributed by atoms with E-state index in [-0.39, 0.29) is 0 Å². The van der Waals surface area contributed by atoms with E-state index < -0.39 is 0 Å². The first-order chi connectivity index (χ1) is 8.66. The van der Waals surface area contributed by atoms with E-state index >= 15 is 0 Å². The zero-order valence-corrected chi connectivity index (χ0v) is 11.1. The maximum Gasteiger partial charge on any atom is 0.191 e. The lowest BCUT2D eigenvalue weighted by Gasteiger charge is -2.46. The fraction of sp³-hybridized carbons (Fsp3) is 0.533. The lowest BCUT2D eigenvalue weighted by atomic mass is 9.63. The first kappa shape index (κ1) is 11.6. The fourth-order valence-corrected chi connectivity index (χ4v) is 3.04. The molecule has 1 heterocycles. The van der Waals surface area contributed by atoms with Crippen molar-refractivity contribution in [3.05, 3.63) is 35.9 Å². The highest BCUT2D eigenvalue weighted by molar-refractivity contribution is 5.82. The van der Waals surface area contributed by atoms with Crippen LogP contribution < -0.4 is 10.6 Å². The second-order valence-electron chi connectivity index (χ2n) is 5.91. The Bertz CT molecular complexity index is 446. The first-order valence-electron chi connectivity index (χ1n) is 6.79. The first-order valence-corrected chi connectivity index (χ1v) is 6.79. The van der Waals surface area contributed by atoms with E-state index in [4.69, 9.17) is 0 Å². The largest absolute Gasteiger partial charge is 0.354 e. The van der Waals surface area contributed by atoms with E-state index in [2.05, 4.69) is 59.8 Å². The normalized spacial score (nSPS) is 34.4. The summed E-state index contributed by atoms with van der Waals surface area (Å²) in [7, 11) is 0. The highest BCUT2D eigenvalue weighted by Crippen LogP contribution is 2.43. The number of nitrogens with one attached hydrogen (secondary N) is 2. The van der Waals surface area contributed by atoms with Gasteiger partial charge in [-0.05, 0) is 30.7 Å². The summed E-state index contributed by atoms with van der Waals surface area (Å²) in [6, 6.07) is 11.9. The summed E-state index contributed by atoms with van der Waals surface area (Å²) in [5, 5.41) is 6.87. The van der Waals surface area contributed by atoms with Crippen LogP contribution >= 0.6 is 0 Å². The molecule has 1 aromatic carbocycles. The summed E-state index contributed by atoms with van der Waals surface area (Å²) >= 11 is 0. The van der Waals surface area contributed by atoms with Crippen LogP contribution in [0.4, 0.5) is 0 Å². The van der Waals surface area contributed by atoms with Crippen molar-refractivity contribution < 1.29 is 0 Å². The molecule has 96 valence electrons. The summed E-state index contributed by atoms with van der Waals surface area (Å²) < 4.78 is 0. The van der Waals surface area contributed by atoms with E-state index in [9.17, 15) is 0 Å². The van der Waals surface area contributed by atoms with Crippen LogP contribution in [0.2, 0.25) is 0 Å². The van der Waals surface area contributed by atoms with Gasteiger partial charge in [-0.2, -0.15) is 0 Å². The molecule has 0 amide bonds. The van der Waals surface area contributed by atoms with Crippen LogP contribution in [0.15, 0.2) is 35.3 Å². The van der Waals surface area contributed by atoms with E-state index in [0.717, 1.165) is 12.5 Å². The highest BCUT2D eigenvalue weighted by atomic mass is 15.2. The van der Waals surface area contributed by atoms with Crippen LogP contribution in [0.25, 0.3) is 0 Å². The molecule has 3 rings (SSSR count). The molecule has 3 heteroatoms. The molecule has 0 aromatic heterocycles. The summed E-state index contributed by atoms with van der Waals surface area (Å²) in [5.41, 5.74) is 1.79. The Balaban J connectivity index is 1.57. The van der Waals surface area contributed by atoms with Crippen LogP contribution in [-0.4, -0.2) is 24.6 Å². The van der Waals surface area contributed by atoms with Crippen molar-refractivity contribution in [2.75, 3.05) is 6.54 Å². The van der Waals surface area contributed by atoms with Gasteiger partial charge in [0.15, 0.2) is 5.96 Å². The van der Waals surface area contributed by atoms with Gasteiger partial charge in [0.2, 0.25) is 0 Å². The Labute approximate surface area is 109 Å². The minimum Gasteiger partial charge on any atom is -0.354 e. The van der Waals surface area contributed by atoms with Gasteiger partial charge in [-0.25, -0.2) is 0 Å². The molecule has 3 nitrogen and oxygen atoms in total. The highest BCUT2D eigenvalue weighted by Gasteiger charge is 2.42. The second kappa shape index (κ2) is 4.30. The van der Waals surface area contributed by atoms with Crippen LogP contribution in [0, 0.1) is 0 Å².